The van der Waals surface area contributed by atoms with Crippen LogP contribution < -0.4 is 4.31 Å². The molecule has 0 aliphatic heterocycles. The van der Waals surface area contributed by atoms with Gasteiger partial charge >= 0.3 is 0 Å². The first kappa shape index (κ1) is 18.0. The molecule has 5 nitrogen and oxygen atoms in total. The van der Waals surface area contributed by atoms with E-state index >= 15 is 0 Å². The number of carbonyl (C=O) groups is 1. The summed E-state index contributed by atoms with van der Waals surface area (Å²) in [7, 11) is -1.89. The molecule has 2 unspecified atom stereocenters. The number of fused-ring (bicyclic) bond motifs is 2. The Hall–Kier alpha value is -1.34. The Morgan fingerprint density at radius 1 is 1.42 bits per heavy atom. The molecular formula is C19H22BrNO4S. The lowest BCUT2D eigenvalue weighted by Gasteiger charge is -2.18. The van der Waals surface area contributed by atoms with E-state index in [1.807, 2.05) is 13.0 Å². The van der Waals surface area contributed by atoms with E-state index in [0.29, 0.717) is 33.6 Å². The third kappa shape index (κ3) is 2.54. The number of ketones is 1. The van der Waals surface area contributed by atoms with Gasteiger partial charge in [0.05, 0.1) is 17.5 Å². The molecular weight excluding hydrogens is 418 g/mol. The molecule has 26 heavy (non-hydrogen) atoms. The smallest absolute Gasteiger partial charge is 0.232 e. The van der Waals surface area contributed by atoms with Crippen LogP contribution in [0.4, 0.5) is 5.69 Å². The summed E-state index contributed by atoms with van der Waals surface area (Å²) >= 11 is 3.47. The van der Waals surface area contributed by atoms with E-state index in [-0.39, 0.29) is 11.2 Å². The molecule has 2 fully saturated rings. The van der Waals surface area contributed by atoms with Crippen molar-refractivity contribution in [3.63, 3.8) is 0 Å². The van der Waals surface area contributed by atoms with Crippen LogP contribution in [0.3, 0.4) is 0 Å². The number of furan rings is 1. The molecule has 2 saturated carbocycles. The van der Waals surface area contributed by atoms with Gasteiger partial charge in [-0.3, -0.25) is 9.10 Å². The Balaban J connectivity index is 1.94. The van der Waals surface area contributed by atoms with E-state index in [4.69, 9.17) is 4.42 Å². The molecule has 0 N–H and O–H groups in total. The molecule has 0 saturated heterocycles. The van der Waals surface area contributed by atoms with Gasteiger partial charge in [0, 0.05) is 34.8 Å². The van der Waals surface area contributed by atoms with Crippen LogP contribution >= 0.6 is 15.9 Å². The van der Waals surface area contributed by atoms with Crippen LogP contribution in [0.2, 0.25) is 0 Å². The molecule has 2 aliphatic rings. The minimum absolute atomic E-state index is 0.0224. The van der Waals surface area contributed by atoms with Gasteiger partial charge in [-0.2, -0.15) is 0 Å². The summed E-state index contributed by atoms with van der Waals surface area (Å²) in [4.78, 5) is 12.7. The molecule has 0 spiro atoms. The normalized spacial score (nSPS) is 24.7. The third-order valence-electron chi connectivity index (χ3n) is 6.05. The second-order valence-electron chi connectivity index (χ2n) is 7.56. The molecule has 140 valence electrons. The maximum Gasteiger partial charge on any atom is 0.232 e. The topological polar surface area (TPSA) is 67.6 Å². The van der Waals surface area contributed by atoms with Crippen molar-refractivity contribution >= 4 is 48.4 Å². The maximum atomic E-state index is 12.7. The number of benzene rings is 1. The monoisotopic (exact) mass is 439 g/mol. The zero-order valence-corrected chi connectivity index (χ0v) is 17.5. The standard InChI is InChI=1S/C19H22BrNO4S/c1-4-15(22)17-12-8-13(20)14(21(2)26(3,23)24)9-16(12)25-18(17)19-7-5-6-11(19)10-19/h8-9,11H,4-7,10H2,1-3H3. The minimum atomic E-state index is -3.40. The van der Waals surface area contributed by atoms with Crippen molar-refractivity contribution < 1.29 is 17.6 Å². The van der Waals surface area contributed by atoms with Crippen LogP contribution in [-0.2, 0) is 15.4 Å². The lowest BCUT2D eigenvalue weighted by molar-refractivity contribution is 0.0986. The summed E-state index contributed by atoms with van der Waals surface area (Å²) in [5.41, 5.74) is 1.81. The maximum absolute atomic E-state index is 12.7. The molecule has 7 heteroatoms. The van der Waals surface area contributed by atoms with Crippen molar-refractivity contribution in [1.82, 2.24) is 0 Å². The second kappa shape index (κ2) is 5.83. The van der Waals surface area contributed by atoms with E-state index < -0.39 is 10.0 Å². The molecule has 2 aliphatic carbocycles. The molecule has 0 bridgehead atoms. The first-order valence-corrected chi connectivity index (χ1v) is 11.6. The van der Waals surface area contributed by atoms with Crippen molar-refractivity contribution in [3.05, 3.63) is 27.9 Å². The fourth-order valence-corrected chi connectivity index (χ4v) is 5.69. The Morgan fingerprint density at radius 3 is 2.69 bits per heavy atom. The van der Waals surface area contributed by atoms with Crippen molar-refractivity contribution in [2.75, 3.05) is 17.6 Å². The van der Waals surface area contributed by atoms with E-state index in [9.17, 15) is 13.2 Å². The van der Waals surface area contributed by atoms with E-state index in [1.54, 1.807) is 6.07 Å². The fraction of sp³-hybridized carbons (Fsp3) is 0.526. The highest BCUT2D eigenvalue weighted by atomic mass is 79.9. The van der Waals surface area contributed by atoms with Crippen LogP contribution in [0.1, 0.15) is 55.1 Å². The SMILES string of the molecule is CCC(=O)c1c(C23CCCC2C3)oc2cc(N(C)S(C)(=O)=O)c(Br)cc12. The van der Waals surface area contributed by atoms with Gasteiger partial charge in [0.1, 0.15) is 11.3 Å². The van der Waals surface area contributed by atoms with Gasteiger partial charge in [0.25, 0.3) is 0 Å². The zero-order chi connectivity index (χ0) is 18.9. The molecule has 1 heterocycles. The largest absolute Gasteiger partial charge is 0.460 e. The van der Waals surface area contributed by atoms with E-state index in [0.717, 1.165) is 30.2 Å². The molecule has 2 aromatic rings. The van der Waals surface area contributed by atoms with Crippen molar-refractivity contribution in [3.8, 4) is 0 Å². The van der Waals surface area contributed by atoms with E-state index in [2.05, 4.69) is 15.9 Å². The van der Waals surface area contributed by atoms with Gasteiger partial charge in [0.15, 0.2) is 5.78 Å². The minimum Gasteiger partial charge on any atom is -0.460 e. The molecule has 1 aromatic carbocycles. The highest BCUT2D eigenvalue weighted by molar-refractivity contribution is 9.10. The van der Waals surface area contributed by atoms with Gasteiger partial charge in [-0.05, 0) is 47.2 Å². The summed E-state index contributed by atoms with van der Waals surface area (Å²) < 4.78 is 32.0. The average molecular weight is 440 g/mol. The zero-order valence-electron chi connectivity index (χ0n) is 15.1. The predicted molar refractivity (Wildman–Crippen MR) is 105 cm³/mol. The predicted octanol–water partition coefficient (Wildman–Crippen LogP) is 4.63. The molecule has 4 rings (SSSR count). The average Bonchev–Trinajstić information content (AvgIpc) is 2.96. The van der Waals surface area contributed by atoms with Gasteiger partial charge in [-0.1, -0.05) is 13.3 Å². The molecule has 0 amide bonds. The Morgan fingerprint density at radius 2 is 2.15 bits per heavy atom. The van der Waals surface area contributed by atoms with Crippen LogP contribution in [0, 0.1) is 5.92 Å². The van der Waals surface area contributed by atoms with Crippen LogP contribution in [0.15, 0.2) is 21.0 Å². The van der Waals surface area contributed by atoms with Crippen molar-refractivity contribution in [1.29, 1.82) is 0 Å². The number of sulfonamides is 1. The first-order chi connectivity index (χ1) is 12.2. The second-order valence-corrected chi connectivity index (χ2v) is 10.4. The highest BCUT2D eigenvalue weighted by Crippen LogP contribution is 2.65. The number of anilines is 1. The summed E-state index contributed by atoms with van der Waals surface area (Å²) in [6.07, 6.45) is 6.11. The summed E-state index contributed by atoms with van der Waals surface area (Å²) in [6.45, 7) is 1.86. The highest BCUT2D eigenvalue weighted by Gasteiger charge is 2.61. The summed E-state index contributed by atoms with van der Waals surface area (Å²) in [5, 5.41) is 0.774. The summed E-state index contributed by atoms with van der Waals surface area (Å²) in [6, 6.07) is 3.55. The van der Waals surface area contributed by atoms with Crippen LogP contribution in [0.25, 0.3) is 11.0 Å². The Kier molecular flexibility index (Phi) is 4.04. The number of halogens is 1. The lowest BCUT2D eigenvalue weighted by Crippen LogP contribution is -2.25. The van der Waals surface area contributed by atoms with E-state index in [1.165, 1.54) is 24.2 Å². The molecule has 1 aromatic heterocycles. The van der Waals surface area contributed by atoms with Crippen molar-refractivity contribution in [2.24, 2.45) is 5.92 Å². The number of nitrogens with zero attached hydrogens (tertiary/aromatic N) is 1. The Labute approximate surface area is 161 Å². The van der Waals surface area contributed by atoms with Gasteiger partial charge in [0.2, 0.25) is 10.0 Å². The van der Waals surface area contributed by atoms with Gasteiger partial charge in [-0.25, -0.2) is 8.42 Å². The van der Waals surface area contributed by atoms with Gasteiger partial charge in [-0.15, -0.1) is 0 Å². The lowest BCUT2D eigenvalue weighted by atomic mass is 9.93. The molecule has 0 radical (unpaired) electrons. The quantitative estimate of drug-likeness (QED) is 0.636. The van der Waals surface area contributed by atoms with Gasteiger partial charge < -0.3 is 4.42 Å². The summed E-state index contributed by atoms with van der Waals surface area (Å²) in [5.74, 6) is 1.53. The number of Topliss-reactive ketones (excluding diaryl/α,β-unsaturated/α-hetero) is 1. The number of hydrogen-bond donors (Lipinski definition) is 0. The number of rotatable bonds is 5. The number of carbonyl (C=O) groups excluding carboxylic acids is 1. The number of hydrogen-bond acceptors (Lipinski definition) is 4. The van der Waals surface area contributed by atoms with Crippen LogP contribution in [-0.4, -0.2) is 27.5 Å². The first-order valence-electron chi connectivity index (χ1n) is 8.92. The molecule has 2 atom stereocenters. The Bertz CT molecular complexity index is 1030. The van der Waals surface area contributed by atoms with Crippen molar-refractivity contribution in [2.45, 2.75) is 44.4 Å². The third-order valence-corrected chi connectivity index (χ3v) is 7.88. The van der Waals surface area contributed by atoms with Crippen LogP contribution in [0.5, 0.6) is 0 Å². The fourth-order valence-electron chi connectivity index (χ4n) is 4.45.